The van der Waals surface area contributed by atoms with Gasteiger partial charge in [0.25, 0.3) is 0 Å². The molecule has 3 rings (SSSR count). The fourth-order valence-electron chi connectivity index (χ4n) is 2.62. The lowest BCUT2D eigenvalue weighted by molar-refractivity contribution is 0.0908. The zero-order chi connectivity index (χ0) is 15.4. The molecule has 0 aliphatic carbocycles. The van der Waals surface area contributed by atoms with E-state index in [2.05, 4.69) is 27.1 Å². The van der Waals surface area contributed by atoms with Gasteiger partial charge in [-0.1, -0.05) is 0 Å². The highest BCUT2D eigenvalue weighted by Crippen LogP contribution is 2.27. The molecular formula is C15H20N4O2S. The third-order valence-electron chi connectivity index (χ3n) is 3.80. The van der Waals surface area contributed by atoms with Gasteiger partial charge >= 0.3 is 6.03 Å². The molecule has 6 nitrogen and oxygen atoms in total. The number of nitrogens with one attached hydrogen (secondary N) is 2. The largest absolute Gasteiger partial charge is 0.368 e. The zero-order valence-corrected chi connectivity index (χ0v) is 13.3. The van der Waals surface area contributed by atoms with E-state index in [4.69, 9.17) is 4.74 Å². The number of nitrogens with zero attached hydrogens (tertiary/aromatic N) is 2. The summed E-state index contributed by atoms with van der Waals surface area (Å²) in [7, 11) is 1.93. The molecule has 1 saturated heterocycles. The molecular weight excluding hydrogens is 300 g/mol. The Morgan fingerprint density at radius 3 is 3.23 bits per heavy atom. The fraction of sp³-hybridized carbons (Fsp3) is 0.467. The highest BCUT2D eigenvalue weighted by molar-refractivity contribution is 7.07. The minimum atomic E-state index is -0.178. The molecule has 118 valence electrons. The van der Waals surface area contributed by atoms with Crippen LogP contribution in [0.3, 0.4) is 0 Å². The summed E-state index contributed by atoms with van der Waals surface area (Å²) in [5.41, 5.74) is 1.25. The predicted molar refractivity (Wildman–Crippen MR) is 84.9 cm³/mol. The van der Waals surface area contributed by atoms with Crippen LogP contribution >= 0.6 is 11.3 Å². The van der Waals surface area contributed by atoms with Crippen molar-refractivity contribution in [2.24, 2.45) is 7.05 Å². The van der Waals surface area contributed by atoms with Gasteiger partial charge in [0.1, 0.15) is 11.9 Å². The Balaban J connectivity index is 1.49. The average molecular weight is 320 g/mol. The molecule has 0 spiro atoms. The molecule has 3 heterocycles. The first-order valence-electron chi connectivity index (χ1n) is 7.38. The number of thiophene rings is 1. The van der Waals surface area contributed by atoms with Gasteiger partial charge in [0.2, 0.25) is 0 Å². The second-order valence-electron chi connectivity index (χ2n) is 5.36. The lowest BCUT2D eigenvalue weighted by atomic mass is 10.1. The maximum Gasteiger partial charge on any atom is 0.315 e. The van der Waals surface area contributed by atoms with Crippen molar-refractivity contribution >= 4 is 17.4 Å². The summed E-state index contributed by atoms with van der Waals surface area (Å²) in [6, 6.07) is 1.89. The molecule has 7 heteroatoms. The number of imidazole rings is 1. The van der Waals surface area contributed by atoms with Gasteiger partial charge in [-0.05, 0) is 35.2 Å². The third kappa shape index (κ3) is 3.48. The second kappa shape index (κ2) is 6.93. The van der Waals surface area contributed by atoms with Gasteiger partial charge in [0, 0.05) is 32.6 Å². The normalized spacial score (nSPS) is 21.0. The van der Waals surface area contributed by atoms with Crippen molar-refractivity contribution in [1.29, 1.82) is 0 Å². The lowest BCUT2D eigenvalue weighted by Crippen LogP contribution is -2.44. The van der Waals surface area contributed by atoms with E-state index in [0.717, 1.165) is 18.7 Å². The maximum absolute atomic E-state index is 12.0. The molecule has 0 bridgehead atoms. The van der Waals surface area contributed by atoms with E-state index in [0.29, 0.717) is 13.2 Å². The number of ether oxygens (including phenoxy) is 1. The summed E-state index contributed by atoms with van der Waals surface area (Å²) in [5.74, 6) is 0.848. The first kappa shape index (κ1) is 15.1. The number of hydrogen-bond acceptors (Lipinski definition) is 4. The molecule has 2 amide bonds. The van der Waals surface area contributed by atoms with Crippen LogP contribution in [0, 0.1) is 0 Å². The van der Waals surface area contributed by atoms with Gasteiger partial charge in [0.15, 0.2) is 0 Å². The van der Waals surface area contributed by atoms with Crippen LogP contribution in [0.1, 0.15) is 23.9 Å². The topological polar surface area (TPSA) is 68.2 Å². The van der Waals surface area contributed by atoms with Crippen molar-refractivity contribution in [3.63, 3.8) is 0 Å². The summed E-state index contributed by atoms with van der Waals surface area (Å²) in [6.07, 6.45) is 5.10. The first-order chi connectivity index (χ1) is 10.7. The molecule has 2 N–H and O–H groups in total. The molecule has 2 aromatic heterocycles. The summed E-state index contributed by atoms with van der Waals surface area (Å²) in [6.45, 7) is 1.26. The average Bonchev–Trinajstić information content (AvgIpc) is 3.21. The van der Waals surface area contributed by atoms with Crippen LogP contribution in [0.25, 0.3) is 0 Å². The smallest absolute Gasteiger partial charge is 0.315 e. The van der Waals surface area contributed by atoms with Crippen molar-refractivity contribution in [2.45, 2.75) is 25.0 Å². The van der Waals surface area contributed by atoms with Crippen LogP contribution in [0.2, 0.25) is 0 Å². The van der Waals surface area contributed by atoms with Gasteiger partial charge in [-0.15, -0.1) is 0 Å². The van der Waals surface area contributed by atoms with Crippen LogP contribution < -0.4 is 10.6 Å². The molecule has 1 fully saturated rings. The van der Waals surface area contributed by atoms with Gasteiger partial charge in [-0.25, -0.2) is 9.78 Å². The van der Waals surface area contributed by atoms with Crippen LogP contribution in [0.4, 0.5) is 4.79 Å². The van der Waals surface area contributed by atoms with Crippen LogP contribution in [-0.4, -0.2) is 34.8 Å². The molecule has 0 aromatic carbocycles. The molecule has 1 aliphatic heterocycles. The van der Waals surface area contributed by atoms with E-state index in [-0.39, 0.29) is 18.2 Å². The van der Waals surface area contributed by atoms with Crippen LogP contribution in [-0.2, 0) is 18.2 Å². The Bertz CT molecular complexity index is 611. The molecule has 22 heavy (non-hydrogen) atoms. The number of rotatable bonds is 5. The SMILES string of the molecule is Cn1ccnc1[C@H]1OCC[C@@H]1NC(=O)NCCc1ccsc1. The van der Waals surface area contributed by atoms with Gasteiger partial charge in [0.05, 0.1) is 6.04 Å². The number of hydrogen-bond donors (Lipinski definition) is 2. The maximum atomic E-state index is 12.0. The van der Waals surface area contributed by atoms with Gasteiger partial charge < -0.3 is 19.9 Å². The van der Waals surface area contributed by atoms with Crippen molar-refractivity contribution in [2.75, 3.05) is 13.2 Å². The molecule has 0 unspecified atom stereocenters. The highest BCUT2D eigenvalue weighted by Gasteiger charge is 2.33. The van der Waals surface area contributed by atoms with E-state index >= 15 is 0 Å². The van der Waals surface area contributed by atoms with E-state index in [1.165, 1.54) is 5.56 Å². The molecule has 1 aliphatic rings. The number of aryl methyl sites for hydroxylation is 1. The van der Waals surface area contributed by atoms with E-state index in [1.54, 1.807) is 17.5 Å². The summed E-state index contributed by atoms with van der Waals surface area (Å²) in [4.78, 5) is 16.3. The highest BCUT2D eigenvalue weighted by atomic mass is 32.1. The van der Waals surface area contributed by atoms with Crippen LogP contribution in [0.5, 0.6) is 0 Å². The standard InChI is InChI=1S/C15H20N4O2S/c1-19-7-6-16-14(19)13-12(3-8-21-13)18-15(20)17-5-2-11-4-9-22-10-11/h4,6-7,9-10,12-13H,2-3,5,8H2,1H3,(H2,17,18,20)/t12-,13-/m0/s1. The minimum Gasteiger partial charge on any atom is -0.368 e. The lowest BCUT2D eigenvalue weighted by Gasteiger charge is -2.19. The predicted octanol–water partition coefficient (Wildman–Crippen LogP) is 1.85. The number of carbonyl (C=O) groups is 1. The Labute approximate surface area is 133 Å². The fourth-order valence-corrected chi connectivity index (χ4v) is 3.32. The second-order valence-corrected chi connectivity index (χ2v) is 6.14. The van der Waals surface area contributed by atoms with E-state index in [9.17, 15) is 4.79 Å². The molecule has 0 radical (unpaired) electrons. The zero-order valence-electron chi connectivity index (χ0n) is 12.5. The van der Waals surface area contributed by atoms with Crippen molar-refractivity contribution in [1.82, 2.24) is 20.2 Å². The van der Waals surface area contributed by atoms with Gasteiger partial charge in [-0.2, -0.15) is 11.3 Å². The molecule has 2 atom stereocenters. The molecule has 0 saturated carbocycles. The van der Waals surface area contributed by atoms with Crippen molar-refractivity contribution < 1.29 is 9.53 Å². The number of amides is 2. The molecule has 2 aromatic rings. The third-order valence-corrected chi connectivity index (χ3v) is 4.53. The Hall–Kier alpha value is -1.86. The quantitative estimate of drug-likeness (QED) is 0.883. The summed E-state index contributed by atoms with van der Waals surface area (Å²) < 4.78 is 7.66. The van der Waals surface area contributed by atoms with E-state index < -0.39 is 0 Å². The Kier molecular flexibility index (Phi) is 4.74. The monoisotopic (exact) mass is 320 g/mol. The Morgan fingerprint density at radius 2 is 2.50 bits per heavy atom. The number of carbonyl (C=O) groups excluding carboxylic acids is 1. The van der Waals surface area contributed by atoms with E-state index in [1.807, 2.05) is 23.2 Å². The van der Waals surface area contributed by atoms with Gasteiger partial charge in [-0.3, -0.25) is 0 Å². The Morgan fingerprint density at radius 1 is 1.59 bits per heavy atom. The summed E-state index contributed by atoms with van der Waals surface area (Å²) >= 11 is 1.67. The summed E-state index contributed by atoms with van der Waals surface area (Å²) in [5, 5.41) is 10.0. The van der Waals surface area contributed by atoms with Crippen molar-refractivity contribution in [3.8, 4) is 0 Å². The van der Waals surface area contributed by atoms with Crippen molar-refractivity contribution in [3.05, 3.63) is 40.6 Å². The number of urea groups is 1. The van der Waals surface area contributed by atoms with Crippen LogP contribution in [0.15, 0.2) is 29.2 Å². The first-order valence-corrected chi connectivity index (χ1v) is 8.32. The minimum absolute atomic E-state index is 0.0396. The number of aromatic nitrogens is 2.